The van der Waals surface area contributed by atoms with Crippen LogP contribution in [0.5, 0.6) is 0 Å². The van der Waals surface area contributed by atoms with E-state index in [1.54, 1.807) is 0 Å². The topological polar surface area (TPSA) is 15.3 Å². The van der Waals surface area contributed by atoms with Gasteiger partial charge in [0.25, 0.3) is 0 Å². The van der Waals surface area contributed by atoms with Crippen molar-refractivity contribution >= 4 is 0 Å². The summed E-state index contributed by atoms with van der Waals surface area (Å²) in [4.78, 5) is 2.65. The molecule has 0 aromatic carbocycles. The van der Waals surface area contributed by atoms with E-state index in [9.17, 15) is 0 Å². The highest BCUT2D eigenvalue weighted by atomic mass is 15.3. The van der Waals surface area contributed by atoms with E-state index in [1.165, 1.54) is 45.3 Å². The van der Waals surface area contributed by atoms with Crippen LogP contribution in [0.1, 0.15) is 46.5 Å². The minimum absolute atomic E-state index is 0.345. The summed E-state index contributed by atoms with van der Waals surface area (Å²) in [6.07, 6.45) is 5.62. The lowest BCUT2D eigenvalue weighted by Crippen LogP contribution is -2.62. The van der Waals surface area contributed by atoms with Crippen LogP contribution in [-0.2, 0) is 0 Å². The fraction of sp³-hybridized carbons (Fsp3) is 1.00. The second-order valence-electron chi connectivity index (χ2n) is 6.01. The van der Waals surface area contributed by atoms with E-state index < -0.39 is 0 Å². The quantitative estimate of drug-likeness (QED) is 0.637. The Kier molecular flexibility index (Phi) is 2.61. The first-order valence-electron chi connectivity index (χ1n) is 6.02. The van der Waals surface area contributed by atoms with Crippen LogP contribution < -0.4 is 5.32 Å². The molecule has 0 unspecified atom stereocenters. The number of nitrogens with one attached hydrogen (secondary N) is 1. The highest BCUT2D eigenvalue weighted by Gasteiger charge is 2.40. The molecule has 1 aliphatic carbocycles. The minimum atomic E-state index is 0.345. The third kappa shape index (κ3) is 1.96. The number of nitrogens with zero attached hydrogens (tertiary/aromatic N) is 1. The van der Waals surface area contributed by atoms with Crippen molar-refractivity contribution in [1.29, 1.82) is 0 Å². The van der Waals surface area contributed by atoms with Crippen LogP contribution in [0.4, 0.5) is 0 Å². The first-order chi connectivity index (χ1) is 6.52. The molecule has 0 aromatic rings. The number of rotatable bonds is 0. The molecule has 2 nitrogen and oxygen atoms in total. The van der Waals surface area contributed by atoms with Crippen LogP contribution in [0.15, 0.2) is 0 Å². The summed E-state index contributed by atoms with van der Waals surface area (Å²) in [5.74, 6) is 0. The Morgan fingerprint density at radius 3 is 2.36 bits per heavy atom. The van der Waals surface area contributed by atoms with Gasteiger partial charge in [-0.1, -0.05) is 12.8 Å². The summed E-state index contributed by atoms with van der Waals surface area (Å²) in [7, 11) is 0. The average Bonchev–Trinajstić information content (AvgIpc) is 2.52. The van der Waals surface area contributed by atoms with E-state index in [2.05, 4.69) is 31.0 Å². The first-order valence-corrected chi connectivity index (χ1v) is 6.02. The van der Waals surface area contributed by atoms with Crippen molar-refractivity contribution in [2.24, 2.45) is 0 Å². The Labute approximate surface area is 88.1 Å². The molecular formula is C12H24N2. The van der Waals surface area contributed by atoms with Gasteiger partial charge in [0.1, 0.15) is 0 Å². The maximum Gasteiger partial charge on any atom is 0.0309 e. The van der Waals surface area contributed by atoms with Crippen molar-refractivity contribution in [2.45, 2.75) is 57.5 Å². The van der Waals surface area contributed by atoms with Gasteiger partial charge in [0.2, 0.25) is 0 Å². The Hall–Kier alpha value is -0.0800. The summed E-state index contributed by atoms with van der Waals surface area (Å²) in [6.45, 7) is 10.7. The molecule has 0 amide bonds. The van der Waals surface area contributed by atoms with Gasteiger partial charge in [0.15, 0.2) is 0 Å². The normalized spacial score (nSPS) is 28.5. The van der Waals surface area contributed by atoms with Gasteiger partial charge >= 0.3 is 0 Å². The lowest BCUT2D eigenvalue weighted by Gasteiger charge is -2.47. The molecule has 0 atom stereocenters. The Morgan fingerprint density at radius 2 is 1.79 bits per heavy atom. The number of hydrogen-bond donors (Lipinski definition) is 1. The predicted molar refractivity (Wildman–Crippen MR) is 60.5 cm³/mol. The van der Waals surface area contributed by atoms with Crippen LogP contribution >= 0.6 is 0 Å². The molecule has 0 radical (unpaired) electrons. The van der Waals surface area contributed by atoms with Gasteiger partial charge in [0, 0.05) is 30.7 Å². The molecular weight excluding hydrogens is 172 g/mol. The highest BCUT2D eigenvalue weighted by Crippen LogP contribution is 2.33. The van der Waals surface area contributed by atoms with Crippen molar-refractivity contribution in [1.82, 2.24) is 10.2 Å². The predicted octanol–water partition coefficient (Wildman–Crippen LogP) is 2.00. The van der Waals surface area contributed by atoms with Crippen molar-refractivity contribution in [3.63, 3.8) is 0 Å². The Balaban J connectivity index is 2.03. The molecule has 0 aromatic heterocycles. The second-order valence-corrected chi connectivity index (χ2v) is 6.01. The van der Waals surface area contributed by atoms with E-state index in [0.717, 1.165) is 0 Å². The van der Waals surface area contributed by atoms with Crippen molar-refractivity contribution < 1.29 is 0 Å². The molecule has 1 spiro atoms. The molecule has 82 valence electrons. The lowest BCUT2D eigenvalue weighted by atomic mass is 9.91. The van der Waals surface area contributed by atoms with E-state index in [1.807, 2.05) is 0 Å². The number of hydrogen-bond acceptors (Lipinski definition) is 2. The Bertz CT molecular complexity index is 199. The van der Waals surface area contributed by atoms with E-state index in [4.69, 9.17) is 0 Å². The van der Waals surface area contributed by atoms with Gasteiger partial charge < -0.3 is 5.32 Å². The monoisotopic (exact) mass is 196 g/mol. The first kappa shape index (κ1) is 10.4. The van der Waals surface area contributed by atoms with Crippen LogP contribution in [0.3, 0.4) is 0 Å². The van der Waals surface area contributed by atoms with Gasteiger partial charge in [-0.25, -0.2) is 0 Å². The maximum atomic E-state index is 3.75. The molecule has 1 aliphatic heterocycles. The zero-order valence-corrected chi connectivity index (χ0v) is 9.90. The van der Waals surface area contributed by atoms with Gasteiger partial charge in [-0.3, -0.25) is 4.90 Å². The molecule has 2 rings (SSSR count). The van der Waals surface area contributed by atoms with Crippen LogP contribution in [0.2, 0.25) is 0 Å². The standard InChI is InChI=1S/C12H24N2/c1-11(2,3)14-9-8-13-12(10-14)6-4-5-7-12/h13H,4-10H2,1-3H3. The third-order valence-corrected chi connectivity index (χ3v) is 3.88. The fourth-order valence-electron chi connectivity index (χ4n) is 2.92. The molecule has 1 N–H and O–H groups in total. The third-order valence-electron chi connectivity index (χ3n) is 3.88. The van der Waals surface area contributed by atoms with Gasteiger partial charge in [-0.15, -0.1) is 0 Å². The van der Waals surface area contributed by atoms with Crippen molar-refractivity contribution in [3.05, 3.63) is 0 Å². The largest absolute Gasteiger partial charge is 0.309 e. The van der Waals surface area contributed by atoms with Gasteiger partial charge in [-0.05, 0) is 33.6 Å². The van der Waals surface area contributed by atoms with Crippen molar-refractivity contribution in [3.8, 4) is 0 Å². The molecule has 2 heteroatoms. The van der Waals surface area contributed by atoms with E-state index >= 15 is 0 Å². The van der Waals surface area contributed by atoms with E-state index in [-0.39, 0.29) is 0 Å². The Morgan fingerprint density at radius 1 is 1.14 bits per heavy atom. The van der Waals surface area contributed by atoms with Gasteiger partial charge in [0.05, 0.1) is 0 Å². The summed E-state index contributed by atoms with van der Waals surface area (Å²) < 4.78 is 0. The van der Waals surface area contributed by atoms with Crippen LogP contribution in [-0.4, -0.2) is 35.6 Å². The molecule has 0 bridgehead atoms. The summed E-state index contributed by atoms with van der Waals surface area (Å²) in [5.41, 5.74) is 0.823. The average molecular weight is 196 g/mol. The zero-order chi connectivity index (χ0) is 10.2. The number of piperazine rings is 1. The fourth-order valence-corrected chi connectivity index (χ4v) is 2.92. The molecule has 1 heterocycles. The van der Waals surface area contributed by atoms with E-state index in [0.29, 0.717) is 11.1 Å². The SMILES string of the molecule is CC(C)(C)N1CCNC2(CCCC2)C1. The molecule has 1 saturated heterocycles. The zero-order valence-electron chi connectivity index (χ0n) is 9.90. The van der Waals surface area contributed by atoms with Crippen LogP contribution in [0, 0.1) is 0 Å². The molecule has 1 saturated carbocycles. The lowest BCUT2D eigenvalue weighted by molar-refractivity contribution is 0.0577. The molecule has 2 aliphatic rings. The van der Waals surface area contributed by atoms with Crippen molar-refractivity contribution in [2.75, 3.05) is 19.6 Å². The summed E-state index contributed by atoms with van der Waals surface area (Å²) in [6, 6.07) is 0. The summed E-state index contributed by atoms with van der Waals surface area (Å²) in [5, 5.41) is 3.75. The summed E-state index contributed by atoms with van der Waals surface area (Å²) >= 11 is 0. The highest BCUT2D eigenvalue weighted by molar-refractivity contribution is 5.00. The second kappa shape index (κ2) is 3.49. The maximum absolute atomic E-state index is 3.75. The molecule has 14 heavy (non-hydrogen) atoms. The molecule has 2 fully saturated rings. The smallest absolute Gasteiger partial charge is 0.0309 e. The minimum Gasteiger partial charge on any atom is -0.309 e. The van der Waals surface area contributed by atoms with Gasteiger partial charge in [-0.2, -0.15) is 0 Å². The van der Waals surface area contributed by atoms with Crippen LogP contribution in [0.25, 0.3) is 0 Å².